The SMILES string of the molecule is CCOc1ccc(-n2ncc(C(=O)O)c2C(C)(C)C)cc1. The molecule has 2 rings (SSSR count). The van der Waals surface area contributed by atoms with Crippen LogP contribution in [0.4, 0.5) is 0 Å². The molecule has 0 unspecified atom stereocenters. The van der Waals surface area contributed by atoms with E-state index in [-0.39, 0.29) is 11.0 Å². The van der Waals surface area contributed by atoms with Crippen LogP contribution in [0.2, 0.25) is 0 Å². The molecule has 21 heavy (non-hydrogen) atoms. The summed E-state index contributed by atoms with van der Waals surface area (Å²) in [5, 5.41) is 13.6. The lowest BCUT2D eigenvalue weighted by molar-refractivity contribution is 0.0694. The molecule has 0 bridgehead atoms. The van der Waals surface area contributed by atoms with Crippen molar-refractivity contribution < 1.29 is 14.6 Å². The van der Waals surface area contributed by atoms with Crippen LogP contribution in [0.25, 0.3) is 5.69 Å². The fraction of sp³-hybridized carbons (Fsp3) is 0.375. The van der Waals surface area contributed by atoms with Gasteiger partial charge in [-0.2, -0.15) is 5.10 Å². The van der Waals surface area contributed by atoms with Crippen molar-refractivity contribution in [2.75, 3.05) is 6.61 Å². The van der Waals surface area contributed by atoms with Crippen molar-refractivity contribution in [3.63, 3.8) is 0 Å². The van der Waals surface area contributed by atoms with E-state index in [2.05, 4.69) is 5.10 Å². The molecule has 1 N–H and O–H groups in total. The molecule has 0 atom stereocenters. The molecule has 1 heterocycles. The Kier molecular flexibility index (Phi) is 4.02. The number of hydrogen-bond acceptors (Lipinski definition) is 3. The van der Waals surface area contributed by atoms with Gasteiger partial charge in [-0.1, -0.05) is 20.8 Å². The highest BCUT2D eigenvalue weighted by Crippen LogP contribution is 2.28. The van der Waals surface area contributed by atoms with Gasteiger partial charge in [0.15, 0.2) is 0 Å². The van der Waals surface area contributed by atoms with Gasteiger partial charge in [0, 0.05) is 5.41 Å². The van der Waals surface area contributed by atoms with Crippen molar-refractivity contribution >= 4 is 5.97 Å². The standard InChI is InChI=1S/C16H20N2O3/c1-5-21-12-8-6-11(7-9-12)18-14(16(2,3)4)13(10-17-18)15(19)20/h6-10H,5H2,1-4H3,(H,19,20). The van der Waals surface area contributed by atoms with Crippen LogP contribution in [0, 0.1) is 0 Å². The third-order valence-electron chi connectivity index (χ3n) is 3.10. The summed E-state index contributed by atoms with van der Waals surface area (Å²) >= 11 is 0. The Morgan fingerprint density at radius 2 is 1.90 bits per heavy atom. The minimum absolute atomic E-state index is 0.233. The van der Waals surface area contributed by atoms with E-state index >= 15 is 0 Å². The highest BCUT2D eigenvalue weighted by Gasteiger charge is 2.27. The second-order valence-corrected chi connectivity index (χ2v) is 5.80. The predicted octanol–water partition coefficient (Wildman–Crippen LogP) is 3.27. The second kappa shape index (κ2) is 5.60. The van der Waals surface area contributed by atoms with Crippen molar-refractivity contribution in [2.45, 2.75) is 33.1 Å². The van der Waals surface area contributed by atoms with E-state index in [0.717, 1.165) is 11.4 Å². The largest absolute Gasteiger partial charge is 0.494 e. The summed E-state index contributed by atoms with van der Waals surface area (Å²) in [7, 11) is 0. The molecule has 5 nitrogen and oxygen atoms in total. The smallest absolute Gasteiger partial charge is 0.339 e. The molecule has 1 aromatic carbocycles. The van der Waals surface area contributed by atoms with E-state index in [4.69, 9.17) is 4.74 Å². The Balaban J connectivity index is 2.51. The van der Waals surface area contributed by atoms with Crippen LogP contribution in [0.5, 0.6) is 5.75 Å². The van der Waals surface area contributed by atoms with Crippen LogP contribution in [0.3, 0.4) is 0 Å². The average Bonchev–Trinajstić information content (AvgIpc) is 2.85. The summed E-state index contributed by atoms with van der Waals surface area (Å²) < 4.78 is 7.09. The number of carbonyl (C=O) groups is 1. The highest BCUT2D eigenvalue weighted by atomic mass is 16.5. The molecule has 0 amide bonds. The van der Waals surface area contributed by atoms with E-state index in [0.29, 0.717) is 12.3 Å². The second-order valence-electron chi connectivity index (χ2n) is 5.80. The first-order valence-corrected chi connectivity index (χ1v) is 6.89. The first kappa shape index (κ1) is 15.1. The van der Waals surface area contributed by atoms with Crippen LogP contribution < -0.4 is 4.74 Å². The number of nitrogens with zero attached hydrogens (tertiary/aromatic N) is 2. The third kappa shape index (κ3) is 3.07. The zero-order valence-corrected chi connectivity index (χ0v) is 12.8. The molecule has 0 fully saturated rings. The number of rotatable bonds is 4. The Morgan fingerprint density at radius 3 is 2.38 bits per heavy atom. The van der Waals surface area contributed by atoms with Gasteiger partial charge in [0.05, 0.1) is 24.2 Å². The van der Waals surface area contributed by atoms with Crippen molar-refractivity contribution in [2.24, 2.45) is 0 Å². The highest BCUT2D eigenvalue weighted by molar-refractivity contribution is 5.89. The maximum atomic E-state index is 11.4. The molecular formula is C16H20N2O3. The minimum atomic E-state index is -0.961. The molecule has 0 spiro atoms. The van der Waals surface area contributed by atoms with Crippen LogP contribution in [0.1, 0.15) is 43.7 Å². The van der Waals surface area contributed by atoms with Crippen LogP contribution >= 0.6 is 0 Å². The third-order valence-corrected chi connectivity index (χ3v) is 3.10. The molecule has 2 aromatic rings. The van der Waals surface area contributed by atoms with Gasteiger partial charge in [-0.3, -0.25) is 0 Å². The molecule has 0 aliphatic rings. The summed E-state index contributed by atoms with van der Waals surface area (Å²) in [6, 6.07) is 7.46. The Labute approximate surface area is 124 Å². The monoisotopic (exact) mass is 288 g/mol. The van der Waals surface area contributed by atoms with Crippen molar-refractivity contribution in [3.05, 3.63) is 41.7 Å². The summed E-state index contributed by atoms with van der Waals surface area (Å²) in [6.45, 7) is 8.46. The Bertz CT molecular complexity index is 637. The van der Waals surface area contributed by atoms with Gasteiger partial charge >= 0.3 is 5.97 Å². The van der Waals surface area contributed by atoms with Crippen molar-refractivity contribution in [1.29, 1.82) is 0 Å². The lowest BCUT2D eigenvalue weighted by Crippen LogP contribution is -2.21. The number of aromatic nitrogens is 2. The van der Waals surface area contributed by atoms with Gasteiger partial charge in [0.2, 0.25) is 0 Å². The van der Waals surface area contributed by atoms with E-state index < -0.39 is 5.97 Å². The molecule has 112 valence electrons. The first-order chi connectivity index (χ1) is 9.84. The fourth-order valence-corrected chi connectivity index (χ4v) is 2.27. The summed E-state index contributed by atoms with van der Waals surface area (Å²) in [4.78, 5) is 11.4. The molecule has 0 aliphatic heterocycles. The van der Waals surface area contributed by atoms with Gasteiger partial charge in [-0.05, 0) is 31.2 Å². The topological polar surface area (TPSA) is 64.4 Å². The Morgan fingerprint density at radius 1 is 1.29 bits per heavy atom. The number of hydrogen-bond donors (Lipinski definition) is 1. The lowest BCUT2D eigenvalue weighted by atomic mass is 9.89. The van der Waals surface area contributed by atoms with Gasteiger partial charge < -0.3 is 9.84 Å². The number of ether oxygens (including phenoxy) is 1. The molecule has 0 aliphatic carbocycles. The minimum Gasteiger partial charge on any atom is -0.494 e. The van der Waals surface area contributed by atoms with Gasteiger partial charge in [-0.25, -0.2) is 9.48 Å². The predicted molar refractivity (Wildman–Crippen MR) is 80.4 cm³/mol. The van der Waals surface area contributed by atoms with Gasteiger partial charge in [0.1, 0.15) is 11.3 Å². The number of benzene rings is 1. The number of carboxylic acids is 1. The summed E-state index contributed by atoms with van der Waals surface area (Å²) in [5.41, 5.74) is 1.40. The average molecular weight is 288 g/mol. The summed E-state index contributed by atoms with van der Waals surface area (Å²) in [6.07, 6.45) is 1.40. The zero-order valence-electron chi connectivity index (χ0n) is 12.8. The normalized spacial score (nSPS) is 11.4. The zero-order chi connectivity index (χ0) is 15.6. The van der Waals surface area contributed by atoms with Crippen LogP contribution in [-0.4, -0.2) is 27.5 Å². The van der Waals surface area contributed by atoms with Gasteiger partial charge in [-0.15, -0.1) is 0 Å². The summed E-state index contributed by atoms with van der Waals surface area (Å²) in [5.74, 6) is -0.179. The molecule has 1 aromatic heterocycles. The fourth-order valence-electron chi connectivity index (χ4n) is 2.27. The quantitative estimate of drug-likeness (QED) is 0.937. The molecule has 0 radical (unpaired) electrons. The van der Waals surface area contributed by atoms with Crippen LogP contribution in [0.15, 0.2) is 30.5 Å². The number of aromatic carboxylic acids is 1. The molecule has 0 saturated heterocycles. The lowest BCUT2D eigenvalue weighted by Gasteiger charge is -2.21. The maximum absolute atomic E-state index is 11.4. The van der Waals surface area contributed by atoms with Crippen molar-refractivity contribution in [3.8, 4) is 11.4 Å². The first-order valence-electron chi connectivity index (χ1n) is 6.89. The number of carboxylic acid groups (broad SMARTS) is 1. The Hall–Kier alpha value is -2.30. The van der Waals surface area contributed by atoms with E-state index in [1.165, 1.54) is 6.20 Å². The molecule has 0 saturated carbocycles. The maximum Gasteiger partial charge on any atom is 0.339 e. The van der Waals surface area contributed by atoms with Gasteiger partial charge in [0.25, 0.3) is 0 Å². The molecular weight excluding hydrogens is 268 g/mol. The molecule has 5 heteroatoms. The van der Waals surface area contributed by atoms with Crippen LogP contribution in [-0.2, 0) is 5.41 Å². The van der Waals surface area contributed by atoms with Crippen molar-refractivity contribution in [1.82, 2.24) is 9.78 Å². The van der Waals surface area contributed by atoms with E-state index in [9.17, 15) is 9.90 Å². The van der Waals surface area contributed by atoms with E-state index in [1.807, 2.05) is 52.0 Å². The van der Waals surface area contributed by atoms with E-state index in [1.54, 1.807) is 4.68 Å².